The van der Waals surface area contributed by atoms with Gasteiger partial charge in [-0.3, -0.25) is 14.9 Å². The van der Waals surface area contributed by atoms with E-state index in [0.29, 0.717) is 29.2 Å². The zero-order valence-electron chi connectivity index (χ0n) is 19.5. The minimum Gasteiger partial charge on any atom is -0.497 e. The number of nitrogens with zero attached hydrogens (tertiary/aromatic N) is 2. The molecular weight excluding hydrogens is 508 g/mol. The number of amides is 4. The highest BCUT2D eigenvalue weighted by molar-refractivity contribution is 7.89. The predicted molar refractivity (Wildman–Crippen MR) is 130 cm³/mol. The Morgan fingerprint density at radius 1 is 1.08 bits per heavy atom. The Balaban J connectivity index is 1.35. The van der Waals surface area contributed by atoms with E-state index in [1.165, 1.54) is 28.6 Å². The van der Waals surface area contributed by atoms with E-state index in [0.717, 1.165) is 5.56 Å². The Morgan fingerprint density at radius 2 is 1.78 bits per heavy atom. The highest BCUT2D eigenvalue weighted by Gasteiger charge is 2.54. The van der Waals surface area contributed by atoms with E-state index in [4.69, 9.17) is 16.3 Å². The fourth-order valence-electron chi connectivity index (χ4n) is 5.29. The summed E-state index contributed by atoms with van der Waals surface area (Å²) in [6, 6.07) is 10.5. The molecule has 0 radical (unpaired) electrons. The average Bonchev–Trinajstić information content (AvgIpc) is 3.33. The number of nitrogens with one attached hydrogen (secondary N) is 2. The van der Waals surface area contributed by atoms with Crippen molar-refractivity contribution in [3.8, 4) is 5.75 Å². The standard InChI is InChI=1S/C24H25ClN4O6S/c1-35-18-4-7-20-15(12-18)13-28(21(20)30)14-24(22(31)26-23(32)27-24)16-8-10-29(11-9-16)36(33,34)19-5-2-17(25)3-6-19/h2-7,12,16H,8-11,13-14H2,1H3,(H2,26,27,31,32). The number of benzene rings is 2. The summed E-state index contributed by atoms with van der Waals surface area (Å²) in [7, 11) is -2.19. The topological polar surface area (TPSA) is 125 Å². The number of carbonyl (C=O) groups excluding carboxylic acids is 3. The van der Waals surface area contributed by atoms with Crippen LogP contribution in [0, 0.1) is 5.92 Å². The van der Waals surface area contributed by atoms with Crippen molar-refractivity contribution in [1.82, 2.24) is 19.8 Å². The summed E-state index contributed by atoms with van der Waals surface area (Å²) in [6.07, 6.45) is 0.673. The molecule has 5 rings (SSSR count). The molecule has 2 aromatic rings. The number of urea groups is 1. The molecule has 2 saturated heterocycles. The number of rotatable bonds is 6. The molecule has 0 spiro atoms. The Kier molecular flexibility index (Phi) is 6.17. The molecule has 190 valence electrons. The maximum Gasteiger partial charge on any atom is 0.322 e. The van der Waals surface area contributed by atoms with Gasteiger partial charge < -0.3 is 15.0 Å². The Morgan fingerprint density at radius 3 is 2.39 bits per heavy atom. The number of imide groups is 1. The van der Waals surface area contributed by atoms with Crippen LogP contribution in [0.1, 0.15) is 28.8 Å². The van der Waals surface area contributed by atoms with Crippen molar-refractivity contribution in [2.75, 3.05) is 26.7 Å². The Hall–Kier alpha value is -3.15. The van der Waals surface area contributed by atoms with E-state index in [-0.39, 0.29) is 42.9 Å². The van der Waals surface area contributed by atoms with Crippen molar-refractivity contribution in [1.29, 1.82) is 0 Å². The molecule has 2 aromatic carbocycles. The molecule has 0 aromatic heterocycles. The Bertz CT molecular complexity index is 1340. The first-order valence-corrected chi connectivity index (χ1v) is 13.3. The van der Waals surface area contributed by atoms with Crippen LogP contribution in [-0.2, 0) is 21.4 Å². The lowest BCUT2D eigenvalue weighted by Gasteiger charge is -2.41. The summed E-state index contributed by atoms with van der Waals surface area (Å²) in [6.45, 7) is 0.604. The predicted octanol–water partition coefficient (Wildman–Crippen LogP) is 1.98. The van der Waals surface area contributed by atoms with Gasteiger partial charge in [0.2, 0.25) is 10.0 Å². The van der Waals surface area contributed by atoms with E-state index >= 15 is 0 Å². The molecule has 3 aliphatic heterocycles. The van der Waals surface area contributed by atoms with Gasteiger partial charge in [-0.05, 0) is 66.8 Å². The molecule has 2 fully saturated rings. The maximum atomic E-state index is 13.1. The number of piperidine rings is 1. The minimum absolute atomic E-state index is 0.0188. The van der Waals surface area contributed by atoms with Gasteiger partial charge in [0.25, 0.3) is 11.8 Å². The molecule has 4 amide bonds. The fraction of sp³-hybridized carbons (Fsp3) is 0.375. The van der Waals surface area contributed by atoms with Gasteiger partial charge in [0.1, 0.15) is 11.3 Å². The summed E-state index contributed by atoms with van der Waals surface area (Å²) in [5, 5.41) is 5.53. The van der Waals surface area contributed by atoms with Crippen LogP contribution in [0.3, 0.4) is 0 Å². The third kappa shape index (κ3) is 4.10. The van der Waals surface area contributed by atoms with Gasteiger partial charge >= 0.3 is 6.03 Å². The van der Waals surface area contributed by atoms with Crippen molar-refractivity contribution < 1.29 is 27.5 Å². The maximum absolute atomic E-state index is 13.1. The van der Waals surface area contributed by atoms with Crippen LogP contribution in [0.15, 0.2) is 47.4 Å². The van der Waals surface area contributed by atoms with Crippen LogP contribution in [0.25, 0.3) is 0 Å². The minimum atomic E-state index is -3.73. The lowest BCUT2D eigenvalue weighted by Crippen LogP contribution is -2.62. The number of sulfonamides is 1. The third-order valence-corrected chi connectivity index (χ3v) is 9.37. The average molecular weight is 533 g/mol. The summed E-state index contributed by atoms with van der Waals surface area (Å²) in [5.41, 5.74) is -0.0442. The number of carbonyl (C=O) groups is 3. The Labute approximate surface area is 213 Å². The second-order valence-electron chi connectivity index (χ2n) is 9.20. The van der Waals surface area contributed by atoms with E-state index in [1.807, 2.05) is 0 Å². The van der Waals surface area contributed by atoms with E-state index in [2.05, 4.69) is 10.6 Å². The number of ether oxygens (including phenoxy) is 1. The molecule has 1 atom stereocenters. The van der Waals surface area contributed by atoms with Gasteiger partial charge in [-0.2, -0.15) is 4.31 Å². The van der Waals surface area contributed by atoms with Crippen molar-refractivity contribution in [2.45, 2.75) is 29.8 Å². The smallest absolute Gasteiger partial charge is 0.322 e. The van der Waals surface area contributed by atoms with Gasteiger partial charge in [-0.25, -0.2) is 13.2 Å². The molecule has 0 aliphatic carbocycles. The number of hydrogen-bond acceptors (Lipinski definition) is 6. The number of methoxy groups -OCH3 is 1. The monoisotopic (exact) mass is 532 g/mol. The van der Waals surface area contributed by atoms with Crippen LogP contribution in [0.5, 0.6) is 5.75 Å². The number of halogens is 1. The largest absolute Gasteiger partial charge is 0.497 e. The molecule has 36 heavy (non-hydrogen) atoms. The second kappa shape index (κ2) is 9.06. The first-order valence-electron chi connectivity index (χ1n) is 11.5. The number of fused-ring (bicyclic) bond motifs is 1. The number of hydrogen-bond donors (Lipinski definition) is 2. The fourth-order valence-corrected chi connectivity index (χ4v) is 6.89. The van der Waals surface area contributed by atoms with Crippen LogP contribution in [0.2, 0.25) is 5.02 Å². The zero-order valence-corrected chi connectivity index (χ0v) is 21.1. The van der Waals surface area contributed by atoms with Gasteiger partial charge in [0.05, 0.1) is 18.6 Å². The van der Waals surface area contributed by atoms with Crippen molar-refractivity contribution >= 4 is 39.5 Å². The molecule has 3 heterocycles. The van der Waals surface area contributed by atoms with Gasteiger partial charge in [-0.15, -0.1) is 0 Å². The van der Waals surface area contributed by atoms with E-state index in [1.54, 1.807) is 30.2 Å². The molecule has 12 heteroatoms. The van der Waals surface area contributed by atoms with Crippen LogP contribution in [-0.4, -0.2) is 67.8 Å². The normalized spacial score (nSPS) is 22.9. The SMILES string of the molecule is COc1ccc2c(c1)CN(CC1(C3CCN(S(=O)(=O)c4ccc(Cl)cc4)CC3)NC(=O)NC1=O)C2=O. The highest BCUT2D eigenvalue weighted by Crippen LogP contribution is 2.36. The summed E-state index contributed by atoms with van der Waals surface area (Å²) in [4.78, 5) is 40.1. The third-order valence-electron chi connectivity index (χ3n) is 7.20. The highest BCUT2D eigenvalue weighted by atomic mass is 35.5. The van der Waals surface area contributed by atoms with Gasteiger partial charge in [0, 0.05) is 30.2 Å². The quantitative estimate of drug-likeness (QED) is 0.548. The molecule has 1 unspecified atom stereocenters. The lowest BCUT2D eigenvalue weighted by atomic mass is 9.77. The first kappa shape index (κ1) is 24.5. The lowest BCUT2D eigenvalue weighted by molar-refractivity contribution is -0.127. The van der Waals surface area contributed by atoms with Crippen molar-refractivity contribution in [3.63, 3.8) is 0 Å². The van der Waals surface area contributed by atoms with E-state index in [9.17, 15) is 22.8 Å². The van der Waals surface area contributed by atoms with Crippen LogP contribution >= 0.6 is 11.6 Å². The molecule has 0 bridgehead atoms. The van der Waals surface area contributed by atoms with Crippen LogP contribution < -0.4 is 15.4 Å². The van der Waals surface area contributed by atoms with Crippen molar-refractivity contribution in [3.05, 3.63) is 58.6 Å². The molecule has 0 saturated carbocycles. The zero-order chi connectivity index (χ0) is 25.7. The first-order chi connectivity index (χ1) is 17.1. The molecular formula is C24H25ClN4O6S. The van der Waals surface area contributed by atoms with Crippen molar-refractivity contribution in [2.24, 2.45) is 5.92 Å². The summed E-state index contributed by atoms with van der Waals surface area (Å²) in [5.74, 6) is -0.484. The summed E-state index contributed by atoms with van der Waals surface area (Å²) < 4.78 is 32.8. The summed E-state index contributed by atoms with van der Waals surface area (Å²) >= 11 is 5.89. The van der Waals surface area contributed by atoms with E-state index < -0.39 is 27.5 Å². The van der Waals surface area contributed by atoms with Gasteiger partial charge in [-0.1, -0.05) is 11.6 Å². The molecule has 2 N–H and O–H groups in total. The second-order valence-corrected chi connectivity index (χ2v) is 11.6. The molecule has 3 aliphatic rings. The van der Waals surface area contributed by atoms with Gasteiger partial charge in [0.15, 0.2) is 0 Å². The molecule has 10 nitrogen and oxygen atoms in total. The van der Waals surface area contributed by atoms with Crippen LogP contribution in [0.4, 0.5) is 4.79 Å².